The summed E-state index contributed by atoms with van der Waals surface area (Å²) in [5.74, 6) is 1.30. The molecular formula is C18H23N2O3+. The summed E-state index contributed by atoms with van der Waals surface area (Å²) in [5.41, 5.74) is 0.684. The van der Waals surface area contributed by atoms with Crippen molar-refractivity contribution in [1.29, 1.82) is 0 Å². The first-order valence-electron chi connectivity index (χ1n) is 7.68. The van der Waals surface area contributed by atoms with Crippen LogP contribution in [0.2, 0.25) is 0 Å². The first-order valence-corrected chi connectivity index (χ1v) is 7.68. The summed E-state index contributed by atoms with van der Waals surface area (Å²) in [6.45, 7) is 0.918. The molecule has 1 aromatic heterocycles. The van der Waals surface area contributed by atoms with Crippen molar-refractivity contribution in [3.8, 4) is 11.5 Å². The van der Waals surface area contributed by atoms with Gasteiger partial charge in [0.1, 0.15) is 18.0 Å². The van der Waals surface area contributed by atoms with Gasteiger partial charge >= 0.3 is 0 Å². The summed E-state index contributed by atoms with van der Waals surface area (Å²) >= 11 is 0. The highest BCUT2D eigenvalue weighted by Crippen LogP contribution is 2.25. The Bertz CT molecular complexity index is 607. The van der Waals surface area contributed by atoms with Gasteiger partial charge in [-0.25, -0.2) is 4.57 Å². The maximum Gasteiger partial charge on any atom is 0.224 e. The number of hydrogen-bond donors (Lipinski definition) is 1. The largest absolute Gasteiger partial charge is 0.497 e. The second-order valence-corrected chi connectivity index (χ2v) is 5.22. The maximum absolute atomic E-state index is 12.0. The molecule has 5 heteroatoms. The number of nitrogens with zero attached hydrogens (tertiary/aromatic N) is 1. The molecule has 122 valence electrons. The Labute approximate surface area is 136 Å². The van der Waals surface area contributed by atoms with Crippen molar-refractivity contribution in [2.75, 3.05) is 19.5 Å². The number of aromatic nitrogens is 1. The first kappa shape index (κ1) is 16.8. The third-order valence-corrected chi connectivity index (χ3v) is 3.48. The minimum Gasteiger partial charge on any atom is -0.497 e. The quantitative estimate of drug-likeness (QED) is 0.602. The van der Waals surface area contributed by atoms with Crippen LogP contribution in [0.4, 0.5) is 5.69 Å². The molecule has 1 amide bonds. The highest BCUT2D eigenvalue weighted by Gasteiger charge is 2.07. The van der Waals surface area contributed by atoms with Gasteiger partial charge in [-0.05, 0) is 6.42 Å². The maximum atomic E-state index is 12.0. The van der Waals surface area contributed by atoms with E-state index < -0.39 is 0 Å². The number of nitrogens with one attached hydrogen (secondary N) is 1. The molecule has 0 atom stereocenters. The Kier molecular flexibility index (Phi) is 6.41. The Morgan fingerprint density at radius 3 is 2.26 bits per heavy atom. The fourth-order valence-electron chi connectivity index (χ4n) is 2.27. The van der Waals surface area contributed by atoms with Gasteiger partial charge in [-0.1, -0.05) is 6.07 Å². The van der Waals surface area contributed by atoms with Gasteiger partial charge in [0.2, 0.25) is 5.91 Å². The van der Waals surface area contributed by atoms with Gasteiger partial charge in [0.15, 0.2) is 12.4 Å². The van der Waals surface area contributed by atoms with E-state index in [-0.39, 0.29) is 5.91 Å². The Morgan fingerprint density at radius 1 is 1.00 bits per heavy atom. The monoisotopic (exact) mass is 315 g/mol. The molecule has 0 spiro atoms. The molecule has 0 saturated heterocycles. The topological polar surface area (TPSA) is 51.4 Å². The lowest BCUT2D eigenvalue weighted by Gasteiger charge is -2.09. The molecule has 0 aliphatic rings. The number of rotatable bonds is 8. The third kappa shape index (κ3) is 5.62. The van der Waals surface area contributed by atoms with Crippen LogP contribution in [0.1, 0.15) is 19.3 Å². The number of carbonyl (C=O) groups is 1. The van der Waals surface area contributed by atoms with Crippen molar-refractivity contribution in [2.45, 2.75) is 25.8 Å². The number of methoxy groups -OCH3 is 2. The summed E-state index contributed by atoms with van der Waals surface area (Å²) in [7, 11) is 3.17. The minimum atomic E-state index is -0.00151. The van der Waals surface area contributed by atoms with Gasteiger partial charge in [0.05, 0.1) is 14.2 Å². The van der Waals surface area contributed by atoms with Crippen molar-refractivity contribution < 1.29 is 18.8 Å². The highest BCUT2D eigenvalue weighted by atomic mass is 16.5. The smallest absolute Gasteiger partial charge is 0.224 e. The SMILES string of the molecule is COc1cc(NC(=O)CCCC[n+]2ccccc2)cc(OC)c1. The van der Waals surface area contributed by atoms with Crippen LogP contribution in [0.5, 0.6) is 11.5 Å². The average Bonchev–Trinajstić information content (AvgIpc) is 2.59. The van der Waals surface area contributed by atoms with Crippen LogP contribution in [0.25, 0.3) is 0 Å². The van der Waals surface area contributed by atoms with E-state index in [0.717, 1.165) is 19.4 Å². The fraction of sp³-hybridized carbons (Fsp3) is 0.333. The lowest BCUT2D eigenvalue weighted by atomic mass is 10.2. The van der Waals surface area contributed by atoms with Gasteiger partial charge in [0, 0.05) is 48.9 Å². The van der Waals surface area contributed by atoms with Gasteiger partial charge in [-0.3, -0.25) is 4.79 Å². The number of amides is 1. The number of aryl methyl sites for hydroxylation is 1. The van der Waals surface area contributed by atoms with E-state index in [1.54, 1.807) is 32.4 Å². The van der Waals surface area contributed by atoms with Crippen LogP contribution in [0.3, 0.4) is 0 Å². The Morgan fingerprint density at radius 2 is 1.65 bits per heavy atom. The number of benzene rings is 1. The molecule has 0 radical (unpaired) electrons. The van der Waals surface area contributed by atoms with E-state index >= 15 is 0 Å². The number of unbranched alkanes of at least 4 members (excludes halogenated alkanes) is 1. The number of ether oxygens (including phenoxy) is 2. The number of carbonyl (C=O) groups excluding carboxylic acids is 1. The van der Waals surface area contributed by atoms with Crippen molar-refractivity contribution in [3.05, 3.63) is 48.8 Å². The Hall–Kier alpha value is -2.56. The Balaban J connectivity index is 1.78. The standard InChI is InChI=1S/C18H22N2O3/c1-22-16-12-15(13-17(14-16)23-2)19-18(21)8-4-7-11-20-9-5-3-6-10-20/h3,5-6,9-10,12-14H,4,7-8,11H2,1-2H3/p+1. The van der Waals surface area contributed by atoms with Crippen LogP contribution in [0, 0.1) is 0 Å². The van der Waals surface area contributed by atoms with E-state index in [1.807, 2.05) is 30.6 Å². The molecule has 0 fully saturated rings. The van der Waals surface area contributed by atoms with E-state index in [1.165, 1.54) is 0 Å². The van der Waals surface area contributed by atoms with E-state index in [2.05, 4.69) is 9.88 Å². The van der Waals surface area contributed by atoms with Crippen molar-refractivity contribution in [3.63, 3.8) is 0 Å². The zero-order valence-corrected chi connectivity index (χ0v) is 13.6. The summed E-state index contributed by atoms with van der Waals surface area (Å²) < 4.78 is 12.5. The summed E-state index contributed by atoms with van der Waals surface area (Å²) in [6, 6.07) is 11.3. The normalized spacial score (nSPS) is 10.2. The number of pyridine rings is 1. The fourth-order valence-corrected chi connectivity index (χ4v) is 2.27. The third-order valence-electron chi connectivity index (χ3n) is 3.48. The highest BCUT2D eigenvalue weighted by molar-refractivity contribution is 5.91. The molecule has 2 aromatic rings. The summed E-state index contributed by atoms with van der Waals surface area (Å²) in [5, 5.41) is 2.88. The van der Waals surface area contributed by atoms with E-state index in [0.29, 0.717) is 23.6 Å². The molecule has 1 N–H and O–H groups in total. The van der Waals surface area contributed by atoms with Crippen molar-refractivity contribution in [2.24, 2.45) is 0 Å². The van der Waals surface area contributed by atoms with Gasteiger partial charge in [-0.2, -0.15) is 0 Å². The van der Waals surface area contributed by atoms with Crippen molar-refractivity contribution in [1.82, 2.24) is 0 Å². The van der Waals surface area contributed by atoms with Gasteiger partial charge < -0.3 is 14.8 Å². The molecule has 0 aliphatic heterocycles. The second-order valence-electron chi connectivity index (χ2n) is 5.22. The minimum absolute atomic E-state index is 0.00151. The van der Waals surface area contributed by atoms with Crippen LogP contribution in [0.15, 0.2) is 48.8 Å². The molecule has 0 unspecified atom stereocenters. The molecule has 0 bridgehead atoms. The van der Waals surface area contributed by atoms with Crippen molar-refractivity contribution >= 4 is 11.6 Å². The van der Waals surface area contributed by atoms with E-state index in [4.69, 9.17) is 9.47 Å². The van der Waals surface area contributed by atoms with E-state index in [9.17, 15) is 4.79 Å². The summed E-state index contributed by atoms with van der Waals surface area (Å²) in [4.78, 5) is 12.0. The lowest BCUT2D eigenvalue weighted by Crippen LogP contribution is -2.32. The predicted octanol–water partition coefficient (Wildman–Crippen LogP) is 2.80. The number of anilines is 1. The predicted molar refractivity (Wildman–Crippen MR) is 88.7 cm³/mol. The lowest BCUT2D eigenvalue weighted by molar-refractivity contribution is -0.697. The van der Waals surface area contributed by atoms with Crippen LogP contribution < -0.4 is 19.4 Å². The molecule has 23 heavy (non-hydrogen) atoms. The zero-order valence-electron chi connectivity index (χ0n) is 13.6. The van der Waals surface area contributed by atoms with Crippen LogP contribution in [-0.2, 0) is 11.3 Å². The zero-order chi connectivity index (χ0) is 16.5. The molecule has 1 aromatic carbocycles. The second kappa shape index (κ2) is 8.78. The summed E-state index contributed by atoms with van der Waals surface area (Å²) in [6.07, 6.45) is 6.36. The van der Waals surface area contributed by atoms with Crippen LogP contribution >= 0.6 is 0 Å². The number of hydrogen-bond acceptors (Lipinski definition) is 3. The molecule has 0 aliphatic carbocycles. The van der Waals surface area contributed by atoms with Crippen LogP contribution in [-0.4, -0.2) is 20.1 Å². The average molecular weight is 315 g/mol. The van der Waals surface area contributed by atoms with Gasteiger partial charge in [0.25, 0.3) is 0 Å². The molecule has 5 nitrogen and oxygen atoms in total. The molecule has 2 rings (SSSR count). The molecular weight excluding hydrogens is 292 g/mol. The molecule has 0 saturated carbocycles. The van der Waals surface area contributed by atoms with Gasteiger partial charge in [-0.15, -0.1) is 0 Å². The first-order chi connectivity index (χ1) is 11.2. The molecule has 1 heterocycles.